The van der Waals surface area contributed by atoms with Crippen molar-refractivity contribution in [3.8, 4) is 0 Å². The molecule has 76 valence electrons. The summed E-state index contributed by atoms with van der Waals surface area (Å²) in [5.74, 6) is 0. The van der Waals surface area contributed by atoms with E-state index < -0.39 is 0 Å². The number of aldehydes is 1. The topological polar surface area (TPSA) is 40.5 Å². The van der Waals surface area contributed by atoms with Crippen LogP contribution in [0.25, 0.3) is 0 Å². The summed E-state index contributed by atoms with van der Waals surface area (Å²) in [6.45, 7) is 0. The first-order valence-corrected chi connectivity index (χ1v) is 5.00. The predicted octanol–water partition coefficient (Wildman–Crippen LogP) is 1.60. The van der Waals surface area contributed by atoms with E-state index in [0.717, 1.165) is 25.4 Å². The van der Waals surface area contributed by atoms with Crippen LogP contribution in [0.5, 0.6) is 0 Å². The molecule has 0 aromatic carbocycles. The van der Waals surface area contributed by atoms with Crippen molar-refractivity contribution < 1.29 is 9.90 Å². The van der Waals surface area contributed by atoms with Crippen LogP contribution < -0.4 is 0 Å². The minimum absolute atomic E-state index is 0.133. The molecule has 2 aliphatic heterocycles. The molecule has 0 spiro atoms. The molecule has 1 N–H and O–H groups in total. The van der Waals surface area contributed by atoms with Crippen LogP contribution >= 0.6 is 11.6 Å². The predicted molar refractivity (Wildman–Crippen MR) is 54.2 cm³/mol. The molecule has 0 aromatic rings. The first-order valence-electron chi connectivity index (χ1n) is 4.62. The average molecular weight is 214 g/mol. The molecule has 0 amide bonds. The zero-order chi connectivity index (χ0) is 10.3. The SMILES string of the molecule is CN1C2CCC1/C(=C\O)C(Cl)=C2C=O. The molecule has 2 bridgehead atoms. The fraction of sp³-hybridized carbons (Fsp3) is 0.500. The minimum atomic E-state index is 0.133. The summed E-state index contributed by atoms with van der Waals surface area (Å²) in [7, 11) is 1.96. The normalized spacial score (nSPS) is 35.4. The number of hydrogen-bond acceptors (Lipinski definition) is 3. The van der Waals surface area contributed by atoms with E-state index in [4.69, 9.17) is 16.7 Å². The Morgan fingerprint density at radius 2 is 2.14 bits per heavy atom. The smallest absolute Gasteiger partial charge is 0.149 e. The lowest BCUT2D eigenvalue weighted by Crippen LogP contribution is -2.39. The fourth-order valence-electron chi connectivity index (χ4n) is 2.42. The Labute approximate surface area is 87.7 Å². The largest absolute Gasteiger partial charge is 0.515 e. The molecule has 0 aliphatic carbocycles. The number of carbonyl (C=O) groups is 1. The van der Waals surface area contributed by atoms with Crippen LogP contribution in [0.1, 0.15) is 12.8 Å². The van der Waals surface area contributed by atoms with Gasteiger partial charge in [0.15, 0.2) is 0 Å². The summed E-state index contributed by atoms with van der Waals surface area (Å²) in [4.78, 5) is 13.0. The van der Waals surface area contributed by atoms with Crippen molar-refractivity contribution in [3.05, 3.63) is 22.4 Å². The second kappa shape index (κ2) is 3.41. The first-order chi connectivity index (χ1) is 6.70. The van der Waals surface area contributed by atoms with Gasteiger partial charge in [0.2, 0.25) is 0 Å². The average Bonchev–Trinajstić information content (AvgIpc) is 2.48. The van der Waals surface area contributed by atoms with Gasteiger partial charge < -0.3 is 5.11 Å². The lowest BCUT2D eigenvalue weighted by molar-refractivity contribution is -0.105. The van der Waals surface area contributed by atoms with Crippen LogP contribution in [0.15, 0.2) is 22.4 Å². The van der Waals surface area contributed by atoms with Gasteiger partial charge in [-0.3, -0.25) is 9.69 Å². The summed E-state index contributed by atoms with van der Waals surface area (Å²) >= 11 is 6.04. The van der Waals surface area contributed by atoms with E-state index in [0.29, 0.717) is 16.2 Å². The van der Waals surface area contributed by atoms with Crippen molar-refractivity contribution in [3.63, 3.8) is 0 Å². The summed E-state index contributed by atoms with van der Waals surface area (Å²) < 4.78 is 0. The summed E-state index contributed by atoms with van der Waals surface area (Å²) in [6.07, 6.45) is 3.70. The Hall–Kier alpha value is -0.800. The number of rotatable bonds is 1. The zero-order valence-electron chi connectivity index (χ0n) is 7.90. The highest BCUT2D eigenvalue weighted by Gasteiger charge is 2.41. The minimum Gasteiger partial charge on any atom is -0.515 e. The van der Waals surface area contributed by atoms with Crippen molar-refractivity contribution in [1.29, 1.82) is 0 Å². The molecule has 4 heteroatoms. The highest BCUT2D eigenvalue weighted by molar-refractivity contribution is 6.34. The van der Waals surface area contributed by atoms with E-state index in [9.17, 15) is 4.79 Å². The van der Waals surface area contributed by atoms with Gasteiger partial charge in [-0.05, 0) is 19.9 Å². The third kappa shape index (κ3) is 1.12. The lowest BCUT2D eigenvalue weighted by Gasteiger charge is -2.32. The molecule has 2 rings (SSSR count). The fourth-order valence-corrected chi connectivity index (χ4v) is 2.77. The zero-order valence-corrected chi connectivity index (χ0v) is 8.66. The Kier molecular flexibility index (Phi) is 2.37. The standard InChI is InChI=1S/C10H12ClNO2/c1-12-8-2-3-9(12)7(5-14)10(11)6(8)4-13/h4-5,8-9,13H,2-3H2,1H3/b6-4+. The number of aliphatic hydroxyl groups is 1. The molecule has 2 atom stereocenters. The van der Waals surface area contributed by atoms with Gasteiger partial charge in [-0.2, -0.15) is 0 Å². The van der Waals surface area contributed by atoms with E-state index in [-0.39, 0.29) is 12.1 Å². The molecule has 3 nitrogen and oxygen atoms in total. The quantitative estimate of drug-likeness (QED) is 0.531. The van der Waals surface area contributed by atoms with Gasteiger partial charge in [0.25, 0.3) is 0 Å². The molecule has 1 fully saturated rings. The number of aliphatic hydroxyl groups excluding tert-OH is 1. The van der Waals surface area contributed by atoms with Crippen molar-refractivity contribution in [2.24, 2.45) is 0 Å². The van der Waals surface area contributed by atoms with Crippen molar-refractivity contribution in [1.82, 2.24) is 4.90 Å². The van der Waals surface area contributed by atoms with Gasteiger partial charge in [-0.15, -0.1) is 0 Å². The van der Waals surface area contributed by atoms with Crippen molar-refractivity contribution in [2.45, 2.75) is 24.9 Å². The van der Waals surface area contributed by atoms with Gasteiger partial charge in [-0.25, -0.2) is 0 Å². The molecular weight excluding hydrogens is 202 g/mol. The number of fused-ring (bicyclic) bond motifs is 2. The monoisotopic (exact) mass is 213 g/mol. The number of likely N-dealkylation sites (N-methyl/N-ethyl adjacent to an activating group) is 1. The molecule has 2 aliphatic rings. The van der Waals surface area contributed by atoms with E-state index in [1.165, 1.54) is 0 Å². The maximum atomic E-state index is 10.9. The van der Waals surface area contributed by atoms with Crippen LogP contribution in [0, 0.1) is 0 Å². The number of nitrogens with zero attached hydrogens (tertiary/aromatic N) is 1. The molecular formula is C10H12ClNO2. The summed E-state index contributed by atoms with van der Waals surface area (Å²) in [5, 5.41) is 9.53. The number of carbonyl (C=O) groups excluding carboxylic acids is 1. The maximum Gasteiger partial charge on any atom is 0.149 e. The molecule has 14 heavy (non-hydrogen) atoms. The van der Waals surface area contributed by atoms with Crippen LogP contribution in [-0.4, -0.2) is 35.4 Å². The van der Waals surface area contributed by atoms with Crippen LogP contribution in [0.4, 0.5) is 0 Å². The van der Waals surface area contributed by atoms with Gasteiger partial charge >= 0.3 is 0 Å². The van der Waals surface area contributed by atoms with E-state index in [1.807, 2.05) is 7.05 Å². The van der Waals surface area contributed by atoms with Crippen LogP contribution in [0.3, 0.4) is 0 Å². The molecule has 0 aromatic heterocycles. The van der Waals surface area contributed by atoms with Gasteiger partial charge in [0.05, 0.1) is 11.3 Å². The number of halogens is 1. The Morgan fingerprint density at radius 1 is 1.50 bits per heavy atom. The third-order valence-electron chi connectivity index (χ3n) is 3.19. The molecule has 0 saturated carbocycles. The Balaban J connectivity index is 2.53. The molecule has 1 saturated heterocycles. The maximum absolute atomic E-state index is 10.9. The van der Waals surface area contributed by atoms with Gasteiger partial charge in [-0.1, -0.05) is 11.6 Å². The molecule has 2 unspecified atom stereocenters. The highest BCUT2D eigenvalue weighted by atomic mass is 35.5. The number of hydrogen-bond donors (Lipinski definition) is 1. The van der Waals surface area contributed by atoms with Crippen molar-refractivity contribution >= 4 is 17.9 Å². The lowest BCUT2D eigenvalue weighted by atomic mass is 9.99. The second-order valence-electron chi connectivity index (χ2n) is 3.75. The first kappa shape index (κ1) is 9.74. The van der Waals surface area contributed by atoms with E-state index in [2.05, 4.69) is 4.90 Å². The highest BCUT2D eigenvalue weighted by Crippen LogP contribution is 2.41. The summed E-state index contributed by atoms with van der Waals surface area (Å²) in [5.41, 5.74) is 1.27. The van der Waals surface area contributed by atoms with Crippen LogP contribution in [0.2, 0.25) is 0 Å². The van der Waals surface area contributed by atoms with E-state index >= 15 is 0 Å². The molecule has 2 heterocycles. The van der Waals surface area contributed by atoms with Crippen molar-refractivity contribution in [2.75, 3.05) is 7.05 Å². The Bertz CT molecular complexity index is 335. The van der Waals surface area contributed by atoms with Crippen LogP contribution in [-0.2, 0) is 4.79 Å². The van der Waals surface area contributed by atoms with E-state index in [1.54, 1.807) is 0 Å². The van der Waals surface area contributed by atoms with Gasteiger partial charge in [0.1, 0.15) is 6.29 Å². The molecule has 0 radical (unpaired) electrons. The summed E-state index contributed by atoms with van der Waals surface area (Å²) in [6, 6.07) is 0.301. The third-order valence-corrected chi connectivity index (χ3v) is 3.62. The van der Waals surface area contributed by atoms with Gasteiger partial charge in [0, 0.05) is 23.2 Å². The Morgan fingerprint density at radius 3 is 2.71 bits per heavy atom. The second-order valence-corrected chi connectivity index (χ2v) is 4.12.